The van der Waals surface area contributed by atoms with E-state index in [9.17, 15) is 24.4 Å². The summed E-state index contributed by atoms with van der Waals surface area (Å²) in [5, 5.41) is 30.2. The number of hydrogen-bond acceptors (Lipinski definition) is 5. The summed E-state index contributed by atoms with van der Waals surface area (Å²) in [5.74, 6) is -1.02. The number of aromatic amines is 1. The van der Waals surface area contributed by atoms with E-state index in [1.165, 1.54) is 42.5 Å². The van der Waals surface area contributed by atoms with Crippen LogP contribution < -0.4 is 5.32 Å². The third kappa shape index (κ3) is 3.45. The summed E-state index contributed by atoms with van der Waals surface area (Å²) < 4.78 is 12.9. The third-order valence-corrected chi connectivity index (χ3v) is 3.68. The van der Waals surface area contributed by atoms with Gasteiger partial charge in [0, 0.05) is 24.1 Å². The summed E-state index contributed by atoms with van der Waals surface area (Å²) in [6, 6.07) is 9.27. The normalized spacial score (nSPS) is 12.1. The van der Waals surface area contributed by atoms with Gasteiger partial charge < -0.3 is 10.4 Å². The van der Waals surface area contributed by atoms with E-state index < -0.39 is 22.8 Å². The zero-order valence-corrected chi connectivity index (χ0v) is 12.8. The van der Waals surface area contributed by atoms with Gasteiger partial charge >= 0.3 is 0 Å². The second-order valence-corrected chi connectivity index (χ2v) is 5.34. The van der Waals surface area contributed by atoms with Crippen molar-refractivity contribution in [3.05, 3.63) is 69.7 Å². The smallest absolute Gasteiger partial charge is 0.272 e. The highest BCUT2D eigenvalue weighted by molar-refractivity contribution is 6.05. The minimum absolute atomic E-state index is 0.00925. The maximum atomic E-state index is 12.9. The predicted octanol–water partition coefficient (Wildman–Crippen LogP) is 2.07. The van der Waals surface area contributed by atoms with Crippen molar-refractivity contribution in [2.24, 2.45) is 0 Å². The molecule has 0 aliphatic carbocycles. The molecule has 0 spiro atoms. The van der Waals surface area contributed by atoms with Crippen LogP contribution in [0.15, 0.2) is 42.5 Å². The number of H-pyrrole nitrogens is 1. The Balaban J connectivity index is 1.75. The molecule has 1 amide bonds. The Hall–Kier alpha value is -3.33. The largest absolute Gasteiger partial charge is 0.387 e. The molecule has 1 aromatic heterocycles. The Kier molecular flexibility index (Phi) is 4.40. The fourth-order valence-corrected chi connectivity index (χ4v) is 2.36. The Morgan fingerprint density at radius 3 is 2.72 bits per heavy atom. The number of nitrogens with one attached hydrogen (secondary N) is 2. The molecular weight excluding hydrogens is 331 g/mol. The second kappa shape index (κ2) is 6.65. The average Bonchev–Trinajstić information content (AvgIpc) is 3.03. The van der Waals surface area contributed by atoms with Crippen LogP contribution in [0.2, 0.25) is 0 Å². The minimum atomic E-state index is -1.02. The van der Waals surface area contributed by atoms with Gasteiger partial charge in [0.05, 0.1) is 16.5 Å². The van der Waals surface area contributed by atoms with Gasteiger partial charge in [0.25, 0.3) is 11.6 Å². The highest BCUT2D eigenvalue weighted by Crippen LogP contribution is 2.22. The van der Waals surface area contributed by atoms with E-state index in [0.29, 0.717) is 16.5 Å². The molecule has 128 valence electrons. The van der Waals surface area contributed by atoms with Crippen LogP contribution in [0.4, 0.5) is 10.1 Å². The molecule has 1 atom stereocenters. The van der Waals surface area contributed by atoms with Crippen LogP contribution in [-0.4, -0.2) is 32.7 Å². The number of carbonyl (C=O) groups is 1. The van der Waals surface area contributed by atoms with Crippen LogP contribution in [0.5, 0.6) is 0 Å². The molecule has 9 heteroatoms. The van der Waals surface area contributed by atoms with Crippen LogP contribution in [0.3, 0.4) is 0 Å². The maximum absolute atomic E-state index is 12.9. The fraction of sp³-hybridized carbons (Fsp3) is 0.125. The number of aliphatic hydroxyl groups is 1. The lowest BCUT2D eigenvalue weighted by atomic mass is 10.1. The molecule has 3 rings (SSSR count). The van der Waals surface area contributed by atoms with Crippen molar-refractivity contribution in [3.63, 3.8) is 0 Å². The Bertz CT molecular complexity index is 939. The molecule has 25 heavy (non-hydrogen) atoms. The van der Waals surface area contributed by atoms with Gasteiger partial charge in [-0.2, -0.15) is 5.10 Å². The molecule has 0 saturated carbocycles. The zero-order valence-electron chi connectivity index (χ0n) is 12.8. The average molecular weight is 344 g/mol. The first-order chi connectivity index (χ1) is 12.0. The molecule has 3 aromatic rings. The minimum Gasteiger partial charge on any atom is -0.387 e. The Labute approximate surface area is 140 Å². The number of amides is 1. The summed E-state index contributed by atoms with van der Waals surface area (Å²) in [4.78, 5) is 22.6. The lowest BCUT2D eigenvalue weighted by Gasteiger charge is -2.11. The summed E-state index contributed by atoms with van der Waals surface area (Å²) >= 11 is 0. The van der Waals surface area contributed by atoms with Gasteiger partial charge in [0.15, 0.2) is 5.69 Å². The van der Waals surface area contributed by atoms with Crippen LogP contribution in [0, 0.1) is 15.9 Å². The van der Waals surface area contributed by atoms with Gasteiger partial charge in [-0.3, -0.25) is 20.0 Å². The van der Waals surface area contributed by atoms with Gasteiger partial charge in [-0.15, -0.1) is 0 Å². The number of nitrogens with zero attached hydrogens (tertiary/aromatic N) is 2. The van der Waals surface area contributed by atoms with Crippen molar-refractivity contribution in [1.29, 1.82) is 0 Å². The number of fused-ring (bicyclic) bond motifs is 1. The Morgan fingerprint density at radius 2 is 2.04 bits per heavy atom. The lowest BCUT2D eigenvalue weighted by Crippen LogP contribution is -2.28. The number of nitro benzene ring substituents is 1. The molecule has 8 nitrogen and oxygen atoms in total. The summed E-state index contributed by atoms with van der Waals surface area (Å²) in [6.07, 6.45) is -1.02. The van der Waals surface area contributed by atoms with E-state index in [-0.39, 0.29) is 17.9 Å². The first-order valence-electron chi connectivity index (χ1n) is 7.30. The zero-order chi connectivity index (χ0) is 18.0. The maximum Gasteiger partial charge on any atom is 0.272 e. The molecule has 0 radical (unpaired) electrons. The van der Waals surface area contributed by atoms with E-state index in [2.05, 4.69) is 15.5 Å². The van der Waals surface area contributed by atoms with Crippen LogP contribution >= 0.6 is 0 Å². The topological polar surface area (TPSA) is 121 Å². The van der Waals surface area contributed by atoms with Crippen LogP contribution in [0.1, 0.15) is 22.2 Å². The molecule has 0 aliphatic rings. The van der Waals surface area contributed by atoms with Crippen molar-refractivity contribution in [2.75, 3.05) is 6.54 Å². The number of halogens is 1. The first-order valence-corrected chi connectivity index (χ1v) is 7.30. The van der Waals surface area contributed by atoms with E-state index in [0.717, 1.165) is 0 Å². The molecule has 1 heterocycles. The van der Waals surface area contributed by atoms with Crippen molar-refractivity contribution >= 4 is 22.5 Å². The molecule has 3 N–H and O–H groups in total. The van der Waals surface area contributed by atoms with Crippen LogP contribution in [-0.2, 0) is 0 Å². The highest BCUT2D eigenvalue weighted by Gasteiger charge is 2.18. The molecule has 0 saturated heterocycles. The fourth-order valence-electron chi connectivity index (χ4n) is 2.36. The molecule has 0 fully saturated rings. The lowest BCUT2D eigenvalue weighted by molar-refractivity contribution is -0.384. The number of hydrogen-bond donors (Lipinski definition) is 3. The van der Waals surface area contributed by atoms with E-state index in [1.807, 2.05) is 0 Å². The van der Waals surface area contributed by atoms with Gasteiger partial charge in [0.1, 0.15) is 5.82 Å². The standard InChI is InChI=1S/C16H13FN4O4/c17-10-3-1-9(2-4-10)14(22)8-18-16(23)15-12-7-11(21(24)25)5-6-13(12)19-20-15/h1-7,14,22H,8H2,(H,18,23)(H,19,20). The monoisotopic (exact) mass is 344 g/mol. The van der Waals surface area contributed by atoms with Crippen molar-refractivity contribution in [3.8, 4) is 0 Å². The highest BCUT2D eigenvalue weighted by atomic mass is 19.1. The van der Waals surface area contributed by atoms with Gasteiger partial charge in [-0.1, -0.05) is 12.1 Å². The molecular formula is C16H13FN4O4. The van der Waals surface area contributed by atoms with Crippen molar-refractivity contribution < 1.29 is 19.2 Å². The number of aliphatic hydroxyl groups excluding tert-OH is 1. The third-order valence-electron chi connectivity index (χ3n) is 3.68. The van der Waals surface area contributed by atoms with E-state index >= 15 is 0 Å². The van der Waals surface area contributed by atoms with Crippen molar-refractivity contribution in [1.82, 2.24) is 15.5 Å². The number of benzene rings is 2. The van der Waals surface area contributed by atoms with E-state index in [1.54, 1.807) is 0 Å². The predicted molar refractivity (Wildman–Crippen MR) is 86.4 cm³/mol. The van der Waals surface area contributed by atoms with Gasteiger partial charge in [-0.25, -0.2) is 4.39 Å². The van der Waals surface area contributed by atoms with Crippen molar-refractivity contribution in [2.45, 2.75) is 6.10 Å². The van der Waals surface area contributed by atoms with Crippen LogP contribution in [0.25, 0.3) is 10.9 Å². The molecule has 1 unspecified atom stereocenters. The number of nitro groups is 1. The molecule has 2 aromatic carbocycles. The number of aromatic nitrogens is 2. The molecule has 0 bridgehead atoms. The molecule has 0 aliphatic heterocycles. The summed E-state index contributed by atoms with van der Waals surface area (Å²) in [5.41, 5.74) is 0.762. The summed E-state index contributed by atoms with van der Waals surface area (Å²) in [7, 11) is 0. The number of rotatable bonds is 5. The quantitative estimate of drug-likeness (QED) is 0.483. The SMILES string of the molecule is O=C(NCC(O)c1ccc(F)cc1)c1n[nH]c2ccc([N+](=O)[O-])cc12. The summed E-state index contributed by atoms with van der Waals surface area (Å²) in [6.45, 7) is -0.117. The number of non-ortho nitro benzene ring substituents is 1. The van der Waals surface area contributed by atoms with E-state index in [4.69, 9.17) is 0 Å². The first kappa shape index (κ1) is 16.5. The van der Waals surface area contributed by atoms with Gasteiger partial charge in [-0.05, 0) is 23.8 Å². The Morgan fingerprint density at radius 1 is 1.32 bits per heavy atom. The van der Waals surface area contributed by atoms with Gasteiger partial charge in [0.2, 0.25) is 0 Å². The number of carbonyl (C=O) groups excluding carboxylic acids is 1. The second-order valence-electron chi connectivity index (χ2n) is 5.34.